The van der Waals surface area contributed by atoms with Crippen molar-refractivity contribution in [3.05, 3.63) is 71.8 Å². The summed E-state index contributed by atoms with van der Waals surface area (Å²) in [6.07, 6.45) is 1.44. The normalized spacial score (nSPS) is 21.8. The van der Waals surface area contributed by atoms with Crippen LogP contribution in [0.15, 0.2) is 60.7 Å². The highest BCUT2D eigenvalue weighted by atomic mass is 16.6. The Kier molecular flexibility index (Phi) is 8.87. The Hall–Kier alpha value is -4.00. The first-order valence-corrected chi connectivity index (χ1v) is 13.2. The van der Waals surface area contributed by atoms with Crippen molar-refractivity contribution in [1.82, 2.24) is 0 Å². The van der Waals surface area contributed by atoms with Crippen LogP contribution in [0.1, 0.15) is 75.1 Å². The minimum Gasteiger partial charge on any atom is -0.497 e. The van der Waals surface area contributed by atoms with Gasteiger partial charge in [0, 0.05) is 16.5 Å². The predicted molar refractivity (Wildman–Crippen MR) is 154 cm³/mol. The molecule has 3 aromatic carbocycles. The number of carbonyl (C=O) groups excluding carboxylic acids is 4. The van der Waals surface area contributed by atoms with Gasteiger partial charge in [-0.2, -0.15) is 0 Å². The van der Waals surface area contributed by atoms with E-state index in [1.165, 1.54) is 6.92 Å². The molecule has 5 rings (SSSR count). The quantitative estimate of drug-likeness (QED) is 0.261. The number of benzene rings is 3. The third-order valence-corrected chi connectivity index (χ3v) is 8.60. The molecular formula is C33H38O7. The number of esters is 1. The van der Waals surface area contributed by atoms with Crippen molar-refractivity contribution < 1.29 is 33.4 Å². The number of hydrogen-bond acceptors (Lipinski definition) is 7. The average Bonchev–Trinajstić information content (AvgIpc) is 3.23. The van der Waals surface area contributed by atoms with E-state index < -0.39 is 11.0 Å². The van der Waals surface area contributed by atoms with E-state index in [1.54, 1.807) is 40.2 Å². The first kappa shape index (κ1) is 30.5. The fourth-order valence-electron chi connectivity index (χ4n) is 5.39. The van der Waals surface area contributed by atoms with E-state index in [4.69, 9.17) is 14.2 Å². The van der Waals surface area contributed by atoms with Crippen molar-refractivity contribution in [2.75, 3.05) is 14.2 Å². The van der Waals surface area contributed by atoms with Crippen LogP contribution in [0.25, 0.3) is 10.8 Å². The van der Waals surface area contributed by atoms with Gasteiger partial charge in [0.2, 0.25) is 0 Å². The number of ketones is 3. The van der Waals surface area contributed by atoms with E-state index in [0.29, 0.717) is 17.5 Å². The molecule has 7 heteroatoms. The van der Waals surface area contributed by atoms with Gasteiger partial charge in [0.25, 0.3) is 0 Å². The van der Waals surface area contributed by atoms with Crippen molar-refractivity contribution in [2.45, 2.75) is 60.0 Å². The van der Waals surface area contributed by atoms with Gasteiger partial charge < -0.3 is 14.2 Å². The molecule has 0 N–H and O–H groups in total. The van der Waals surface area contributed by atoms with Crippen LogP contribution in [-0.2, 0) is 14.3 Å². The van der Waals surface area contributed by atoms with E-state index in [1.807, 2.05) is 69.3 Å². The summed E-state index contributed by atoms with van der Waals surface area (Å²) in [7, 11) is 3.28. The maximum Gasteiger partial charge on any atom is 0.313 e. The van der Waals surface area contributed by atoms with Crippen LogP contribution in [0, 0.1) is 10.8 Å². The molecule has 1 aliphatic carbocycles. The highest BCUT2D eigenvalue weighted by Crippen LogP contribution is 2.65. The molecule has 1 aliphatic heterocycles. The number of fused-ring (bicyclic) bond motifs is 3. The summed E-state index contributed by atoms with van der Waals surface area (Å²) in [4.78, 5) is 45.8. The second kappa shape index (κ2) is 11.6. The van der Waals surface area contributed by atoms with Gasteiger partial charge in [-0.05, 0) is 87.7 Å². The van der Waals surface area contributed by atoms with Crippen LogP contribution in [0.2, 0.25) is 0 Å². The van der Waals surface area contributed by atoms with Crippen molar-refractivity contribution in [3.8, 4) is 11.5 Å². The SMILES string of the molecule is CC(=O)C12CCC(C)(C(=O)O1)C2(C)C.CC(=O)c1ccc2cc(C(C)=O)ccc2c1.COc1ccc(OC)cc1. The molecule has 1 heterocycles. The molecule has 2 aliphatic rings. The van der Waals surface area contributed by atoms with Crippen LogP contribution in [-0.4, -0.2) is 43.1 Å². The second-order valence-electron chi connectivity index (χ2n) is 11.0. The van der Waals surface area contributed by atoms with Gasteiger partial charge >= 0.3 is 5.97 Å². The minimum atomic E-state index is -0.848. The third-order valence-electron chi connectivity index (χ3n) is 8.60. The van der Waals surface area contributed by atoms with Crippen molar-refractivity contribution in [1.29, 1.82) is 0 Å². The third kappa shape index (κ3) is 5.51. The van der Waals surface area contributed by atoms with Crippen LogP contribution in [0.4, 0.5) is 0 Å². The fraction of sp³-hybridized carbons (Fsp3) is 0.394. The molecule has 0 aromatic heterocycles. The molecule has 1 saturated heterocycles. The Bertz CT molecular complexity index is 1360. The molecule has 2 atom stereocenters. The fourth-order valence-corrected chi connectivity index (χ4v) is 5.39. The Balaban J connectivity index is 0.000000170. The summed E-state index contributed by atoms with van der Waals surface area (Å²) in [5.41, 5.74) is -0.299. The number of methoxy groups -OCH3 is 2. The molecule has 2 fully saturated rings. The minimum absolute atomic E-state index is 0.0166. The summed E-state index contributed by atoms with van der Waals surface area (Å²) in [6.45, 7) is 10.5. The molecule has 0 radical (unpaired) electrons. The standard InChI is InChI=1S/C14H12O2.C11H16O3.C8H10O2/c1-9(15)11-3-5-14-8-12(10(2)16)4-6-13(14)7-11;1-7(12)11-6-5-10(4,8(13)14-11)9(11,2)3;1-9-7-3-5-8(10-2)6-4-7/h3-8H,1-2H3;5-6H2,1-4H3;3-6H,1-2H3. The number of Topliss-reactive ketones (excluding diaryl/α,β-unsaturated/α-hetero) is 3. The van der Waals surface area contributed by atoms with Crippen LogP contribution in [0.5, 0.6) is 11.5 Å². The molecule has 2 bridgehead atoms. The maximum atomic E-state index is 11.7. The Labute approximate surface area is 235 Å². The van der Waals surface area contributed by atoms with Crippen molar-refractivity contribution in [2.24, 2.45) is 10.8 Å². The molecule has 40 heavy (non-hydrogen) atoms. The van der Waals surface area contributed by atoms with Gasteiger partial charge in [-0.1, -0.05) is 38.1 Å². The molecule has 1 saturated carbocycles. The molecular weight excluding hydrogens is 508 g/mol. The zero-order chi connectivity index (χ0) is 29.9. The number of ether oxygens (including phenoxy) is 3. The van der Waals surface area contributed by atoms with Crippen molar-refractivity contribution >= 4 is 34.1 Å². The second-order valence-corrected chi connectivity index (χ2v) is 11.0. The average molecular weight is 547 g/mol. The molecule has 0 spiro atoms. The smallest absolute Gasteiger partial charge is 0.313 e. The lowest BCUT2D eigenvalue weighted by Gasteiger charge is -2.34. The summed E-state index contributed by atoms with van der Waals surface area (Å²) in [5.74, 6) is 1.58. The largest absolute Gasteiger partial charge is 0.497 e. The van der Waals surface area contributed by atoms with Gasteiger partial charge in [-0.3, -0.25) is 19.2 Å². The van der Waals surface area contributed by atoms with Gasteiger partial charge in [0.1, 0.15) is 11.5 Å². The molecule has 0 amide bonds. The molecule has 2 unspecified atom stereocenters. The maximum absolute atomic E-state index is 11.7. The topological polar surface area (TPSA) is 96.0 Å². The van der Waals surface area contributed by atoms with Crippen LogP contribution >= 0.6 is 0 Å². The number of rotatable bonds is 5. The lowest BCUT2D eigenvalue weighted by atomic mass is 9.65. The van der Waals surface area contributed by atoms with E-state index in [0.717, 1.165) is 28.7 Å². The lowest BCUT2D eigenvalue weighted by molar-refractivity contribution is -0.166. The predicted octanol–water partition coefficient (Wildman–Crippen LogP) is 6.65. The number of hydrogen-bond donors (Lipinski definition) is 0. The molecule has 7 nitrogen and oxygen atoms in total. The van der Waals surface area contributed by atoms with E-state index in [2.05, 4.69) is 0 Å². The summed E-state index contributed by atoms with van der Waals surface area (Å²) in [6, 6.07) is 18.5. The summed E-state index contributed by atoms with van der Waals surface area (Å²) < 4.78 is 15.3. The Morgan fingerprint density at radius 1 is 0.700 bits per heavy atom. The van der Waals surface area contributed by atoms with Gasteiger partial charge in [0.05, 0.1) is 19.6 Å². The van der Waals surface area contributed by atoms with Gasteiger partial charge in [-0.15, -0.1) is 0 Å². The van der Waals surface area contributed by atoms with Gasteiger partial charge in [-0.25, -0.2) is 0 Å². The monoisotopic (exact) mass is 546 g/mol. The summed E-state index contributed by atoms with van der Waals surface area (Å²) >= 11 is 0. The van der Waals surface area contributed by atoms with Gasteiger partial charge in [0.15, 0.2) is 23.0 Å². The Morgan fingerprint density at radius 2 is 1.12 bits per heavy atom. The summed E-state index contributed by atoms with van der Waals surface area (Å²) in [5, 5.41) is 1.97. The first-order chi connectivity index (χ1) is 18.7. The Morgan fingerprint density at radius 3 is 1.38 bits per heavy atom. The highest BCUT2D eigenvalue weighted by molar-refractivity contribution is 6.01. The van der Waals surface area contributed by atoms with E-state index >= 15 is 0 Å². The zero-order valence-electron chi connectivity index (χ0n) is 24.5. The van der Waals surface area contributed by atoms with E-state index in [-0.39, 0.29) is 28.7 Å². The van der Waals surface area contributed by atoms with Crippen molar-refractivity contribution in [3.63, 3.8) is 0 Å². The van der Waals surface area contributed by atoms with Crippen LogP contribution in [0.3, 0.4) is 0 Å². The molecule has 212 valence electrons. The first-order valence-electron chi connectivity index (χ1n) is 13.2. The van der Waals surface area contributed by atoms with E-state index in [9.17, 15) is 19.2 Å². The zero-order valence-corrected chi connectivity index (χ0v) is 24.5. The number of carbonyl (C=O) groups is 4. The molecule has 3 aromatic rings. The highest BCUT2D eigenvalue weighted by Gasteiger charge is 2.74. The lowest BCUT2D eigenvalue weighted by Crippen LogP contribution is -2.46. The van der Waals surface area contributed by atoms with Crippen LogP contribution < -0.4 is 9.47 Å².